The highest BCUT2D eigenvalue weighted by molar-refractivity contribution is 5.90. The fourth-order valence-electron chi connectivity index (χ4n) is 1.02. The summed E-state index contributed by atoms with van der Waals surface area (Å²) in [5.41, 5.74) is 0. The lowest BCUT2D eigenvalue weighted by Crippen LogP contribution is -2.17. The van der Waals surface area contributed by atoms with Crippen molar-refractivity contribution >= 4 is 35.6 Å². The van der Waals surface area contributed by atoms with Crippen molar-refractivity contribution in [2.75, 3.05) is 16.0 Å². The molecule has 0 aliphatic rings. The molecule has 1 rings (SSSR count). The molecular weight excluding hydrogens is 252 g/mol. The van der Waals surface area contributed by atoms with Crippen molar-refractivity contribution in [1.82, 2.24) is 15.0 Å². The maximum Gasteiger partial charge on any atom is 0.236 e. The number of rotatable bonds is 3. The van der Waals surface area contributed by atoms with Gasteiger partial charge in [-0.25, -0.2) is 0 Å². The molecule has 0 bridgehead atoms. The van der Waals surface area contributed by atoms with Gasteiger partial charge in [-0.15, -0.1) is 0 Å². The molecule has 9 nitrogen and oxygen atoms in total. The second kappa shape index (κ2) is 6.99. The van der Waals surface area contributed by atoms with E-state index >= 15 is 0 Å². The molecule has 1 aromatic rings. The number of carbonyl (C=O) groups is 3. The Bertz CT molecular complexity index is 418. The first-order valence-corrected chi connectivity index (χ1v) is 4.95. The minimum absolute atomic E-state index is 0. The fraction of sp³-hybridized carbons (Fsp3) is 0.400. The molecule has 0 saturated carbocycles. The van der Waals surface area contributed by atoms with Crippen LogP contribution >= 0.6 is 0 Å². The van der Waals surface area contributed by atoms with Crippen molar-refractivity contribution < 1.29 is 14.4 Å². The molecule has 0 aliphatic carbocycles. The maximum atomic E-state index is 10.9. The van der Waals surface area contributed by atoms with Gasteiger partial charge in [0.25, 0.3) is 0 Å². The van der Waals surface area contributed by atoms with Crippen LogP contribution in [0.25, 0.3) is 0 Å². The van der Waals surface area contributed by atoms with E-state index in [4.69, 9.17) is 0 Å². The van der Waals surface area contributed by atoms with E-state index in [1.165, 1.54) is 20.8 Å². The molecule has 0 atom stereocenters. The summed E-state index contributed by atoms with van der Waals surface area (Å²) in [5.74, 6) is -1.35. The number of hydrogen-bond donors (Lipinski definition) is 3. The van der Waals surface area contributed by atoms with Gasteiger partial charge in [0.15, 0.2) is 0 Å². The lowest BCUT2D eigenvalue weighted by Gasteiger charge is -2.07. The second-order valence-corrected chi connectivity index (χ2v) is 3.35. The van der Waals surface area contributed by atoms with Crippen molar-refractivity contribution in [2.24, 2.45) is 0 Å². The van der Waals surface area contributed by atoms with Crippen molar-refractivity contribution in [3.63, 3.8) is 0 Å². The van der Waals surface area contributed by atoms with E-state index in [-0.39, 0.29) is 43.0 Å². The van der Waals surface area contributed by atoms with E-state index < -0.39 is 0 Å². The van der Waals surface area contributed by atoms with Crippen molar-refractivity contribution in [2.45, 2.75) is 28.2 Å². The molecule has 19 heavy (non-hydrogen) atoms. The van der Waals surface area contributed by atoms with Gasteiger partial charge in [-0.05, 0) is 0 Å². The lowest BCUT2D eigenvalue weighted by atomic mass is 10.6. The van der Waals surface area contributed by atoms with Crippen LogP contribution in [0.4, 0.5) is 17.8 Å². The molecule has 0 aromatic carbocycles. The van der Waals surface area contributed by atoms with Crippen LogP contribution in [-0.2, 0) is 14.4 Å². The Morgan fingerprint density at radius 1 is 0.684 bits per heavy atom. The monoisotopic (exact) mass is 268 g/mol. The highest BCUT2D eigenvalue weighted by atomic mass is 16.2. The average molecular weight is 268 g/mol. The van der Waals surface area contributed by atoms with Gasteiger partial charge in [-0.3, -0.25) is 30.3 Å². The third-order valence-corrected chi connectivity index (χ3v) is 1.50. The highest BCUT2D eigenvalue weighted by Crippen LogP contribution is 2.09. The van der Waals surface area contributed by atoms with Crippen LogP contribution in [0.2, 0.25) is 0 Å². The Labute approximate surface area is 110 Å². The van der Waals surface area contributed by atoms with E-state index in [1.807, 2.05) is 0 Å². The van der Waals surface area contributed by atoms with Crippen LogP contribution in [0, 0.1) is 0 Å². The molecule has 9 heteroatoms. The fourth-order valence-corrected chi connectivity index (χ4v) is 1.02. The first-order chi connectivity index (χ1) is 8.36. The molecule has 0 radical (unpaired) electrons. The minimum atomic E-state index is -0.385. The summed E-state index contributed by atoms with van der Waals surface area (Å²) in [6, 6.07) is 0. The highest BCUT2D eigenvalue weighted by Gasteiger charge is 2.09. The first-order valence-electron chi connectivity index (χ1n) is 4.95. The zero-order chi connectivity index (χ0) is 13.7. The largest absolute Gasteiger partial charge is 0.295 e. The molecule has 0 saturated heterocycles. The Kier molecular flexibility index (Phi) is 6.04. The summed E-state index contributed by atoms with van der Waals surface area (Å²) in [6.07, 6.45) is 0. The van der Waals surface area contributed by atoms with Gasteiger partial charge in [0.05, 0.1) is 0 Å². The van der Waals surface area contributed by atoms with Crippen LogP contribution in [0.5, 0.6) is 0 Å². The third kappa shape index (κ3) is 6.05. The van der Waals surface area contributed by atoms with Gasteiger partial charge in [-0.1, -0.05) is 7.43 Å². The van der Waals surface area contributed by atoms with E-state index in [0.717, 1.165) is 0 Å². The SMILES string of the molecule is C.CC(=O)Nc1nc(NC(C)=O)nc(NC(C)=O)n1. The van der Waals surface area contributed by atoms with E-state index in [2.05, 4.69) is 30.9 Å². The van der Waals surface area contributed by atoms with Crippen LogP contribution in [0.3, 0.4) is 0 Å². The van der Waals surface area contributed by atoms with Gasteiger partial charge < -0.3 is 0 Å². The van der Waals surface area contributed by atoms with Gasteiger partial charge in [0.1, 0.15) is 0 Å². The molecule has 3 N–H and O–H groups in total. The standard InChI is InChI=1S/C9H12N6O3.CH4/c1-4(16)10-7-13-8(11-5(2)17)15-9(14-7)12-6(3)18;/h1-3H3,(H3,10,11,12,13,14,15,16,17,18);1H4. The van der Waals surface area contributed by atoms with Gasteiger partial charge >= 0.3 is 0 Å². The Morgan fingerprint density at radius 3 is 1.05 bits per heavy atom. The average Bonchev–Trinajstić information content (AvgIpc) is 2.12. The second-order valence-electron chi connectivity index (χ2n) is 3.35. The van der Waals surface area contributed by atoms with Gasteiger partial charge in [0, 0.05) is 20.8 Å². The van der Waals surface area contributed by atoms with Crippen LogP contribution < -0.4 is 16.0 Å². The summed E-state index contributed by atoms with van der Waals surface area (Å²) >= 11 is 0. The molecule has 0 aliphatic heterocycles. The zero-order valence-corrected chi connectivity index (χ0v) is 10.1. The summed E-state index contributed by atoms with van der Waals surface area (Å²) in [4.78, 5) is 44.0. The van der Waals surface area contributed by atoms with Crippen molar-refractivity contribution in [3.05, 3.63) is 0 Å². The normalized spacial score (nSPS) is 9.00. The predicted octanol–water partition coefficient (Wildman–Crippen LogP) is 0.383. The molecule has 0 fully saturated rings. The molecule has 0 unspecified atom stereocenters. The summed E-state index contributed by atoms with van der Waals surface area (Å²) < 4.78 is 0. The number of nitrogens with zero attached hydrogens (tertiary/aromatic N) is 3. The van der Waals surface area contributed by atoms with Crippen LogP contribution in [-0.4, -0.2) is 32.7 Å². The summed E-state index contributed by atoms with van der Waals surface area (Å²) in [5, 5.41) is 6.98. The lowest BCUT2D eigenvalue weighted by molar-refractivity contribution is -0.115. The summed E-state index contributed by atoms with van der Waals surface area (Å²) in [6.45, 7) is 3.83. The molecular formula is C10H16N6O3. The number of hydrogen-bond acceptors (Lipinski definition) is 6. The minimum Gasteiger partial charge on any atom is -0.295 e. The summed E-state index contributed by atoms with van der Waals surface area (Å²) in [7, 11) is 0. The predicted molar refractivity (Wildman–Crippen MR) is 69.5 cm³/mol. The maximum absolute atomic E-state index is 10.9. The zero-order valence-electron chi connectivity index (χ0n) is 10.1. The van der Waals surface area contributed by atoms with E-state index in [9.17, 15) is 14.4 Å². The number of carbonyl (C=O) groups excluding carboxylic acids is 3. The van der Waals surface area contributed by atoms with Crippen molar-refractivity contribution in [1.29, 1.82) is 0 Å². The number of aromatic nitrogens is 3. The smallest absolute Gasteiger partial charge is 0.236 e. The van der Waals surface area contributed by atoms with Gasteiger partial charge in [-0.2, -0.15) is 15.0 Å². The quantitative estimate of drug-likeness (QED) is 0.727. The third-order valence-electron chi connectivity index (χ3n) is 1.50. The van der Waals surface area contributed by atoms with Crippen LogP contribution in [0.1, 0.15) is 28.2 Å². The van der Waals surface area contributed by atoms with Crippen LogP contribution in [0.15, 0.2) is 0 Å². The number of nitrogens with one attached hydrogen (secondary N) is 3. The van der Waals surface area contributed by atoms with Crippen molar-refractivity contribution in [3.8, 4) is 0 Å². The molecule has 104 valence electrons. The topological polar surface area (TPSA) is 126 Å². The number of anilines is 3. The number of amides is 3. The molecule has 3 amide bonds. The Morgan fingerprint density at radius 2 is 0.895 bits per heavy atom. The van der Waals surface area contributed by atoms with Gasteiger partial charge in [0.2, 0.25) is 35.6 Å². The Hall–Kier alpha value is -2.58. The van der Waals surface area contributed by atoms with E-state index in [0.29, 0.717) is 0 Å². The first kappa shape index (κ1) is 16.4. The molecule has 1 heterocycles. The van der Waals surface area contributed by atoms with E-state index in [1.54, 1.807) is 0 Å². The Balaban J connectivity index is 0.00000324. The molecule has 1 aromatic heterocycles. The molecule has 0 spiro atoms.